The van der Waals surface area contributed by atoms with Crippen LogP contribution in [0.1, 0.15) is 81.2 Å². The molecule has 49 heavy (non-hydrogen) atoms. The van der Waals surface area contributed by atoms with Gasteiger partial charge in [0.15, 0.2) is 5.75 Å². The smallest absolute Gasteiger partial charge is 0.153 e. The minimum absolute atomic E-state index is 0.141. The van der Waals surface area contributed by atoms with Gasteiger partial charge < -0.3 is 10.4 Å². The number of aryl methyl sites for hydroxylation is 1. The molecule has 0 heterocycles. The zero-order chi connectivity index (χ0) is 36.6. The molecule has 6 aromatic rings. The van der Waals surface area contributed by atoms with E-state index in [1.165, 1.54) is 17.2 Å². The number of hydrogen-bond acceptors (Lipinski definition) is 5. The Morgan fingerprint density at radius 3 is 1.59 bits per heavy atom. The molecule has 0 bridgehead atoms. The van der Waals surface area contributed by atoms with Crippen molar-refractivity contribution in [2.45, 2.75) is 82.6 Å². The molecule has 0 amide bonds. The van der Waals surface area contributed by atoms with Crippen molar-refractivity contribution in [3.05, 3.63) is 115 Å². The Balaban J connectivity index is 0.000000521. The number of aliphatic imine (C=N–C) groups is 1. The van der Waals surface area contributed by atoms with Crippen LogP contribution in [0.3, 0.4) is 0 Å². The standard InChI is InChI=1S/C25H24N4O.C10H8.C3H8.3C2H6/c1-4-26-20-13-14-21(19-11-7-6-10-18(19)20)28-29-24-16(3)15-17-9-8-12-22(27-5-2)23(17)25(24)30;1-2-6-10-8-4-3-7-9(10)5-1;1-3-2;3*1-2/h4,6-15,27,30H,5H2,1-3H3;1-8H;3H2,1-2H3;3*1-2H3. The molecular formula is C44H58N4O. The lowest BCUT2D eigenvalue weighted by Crippen LogP contribution is -1.97. The largest absolute Gasteiger partial charge is 0.505 e. The fourth-order valence-electron chi connectivity index (χ4n) is 4.87. The Labute approximate surface area is 295 Å². The molecule has 0 spiro atoms. The molecule has 0 radical (unpaired) electrons. The van der Waals surface area contributed by atoms with Crippen LogP contribution in [-0.2, 0) is 0 Å². The molecule has 5 heteroatoms. The van der Waals surface area contributed by atoms with E-state index in [2.05, 4.69) is 82.9 Å². The number of anilines is 1. The van der Waals surface area contributed by atoms with Crippen molar-refractivity contribution in [2.24, 2.45) is 15.2 Å². The van der Waals surface area contributed by atoms with Crippen LogP contribution in [0.15, 0.2) is 124 Å². The SMILES string of the molecule is CC.CC.CC.CC=Nc1ccc(N=Nc2c(C)cc3cccc(NCC)c3c2O)c2ccccc12.CCC.c1ccc2ccccc2c1. The molecule has 2 N–H and O–H groups in total. The van der Waals surface area contributed by atoms with Crippen LogP contribution >= 0.6 is 0 Å². The molecule has 0 aliphatic rings. The van der Waals surface area contributed by atoms with E-state index in [1.54, 1.807) is 6.21 Å². The Hall–Kier alpha value is -5.03. The summed E-state index contributed by atoms with van der Waals surface area (Å²) in [5.74, 6) is 0.141. The number of fused-ring (bicyclic) bond motifs is 3. The first-order valence-corrected chi connectivity index (χ1v) is 17.9. The second-order valence-corrected chi connectivity index (χ2v) is 10.1. The monoisotopic (exact) mass is 658 g/mol. The van der Waals surface area contributed by atoms with Gasteiger partial charge in [0.05, 0.1) is 11.4 Å². The van der Waals surface area contributed by atoms with Crippen molar-refractivity contribution in [3.8, 4) is 5.75 Å². The summed E-state index contributed by atoms with van der Waals surface area (Å²) in [7, 11) is 0. The van der Waals surface area contributed by atoms with Gasteiger partial charge in [-0.05, 0) is 66.8 Å². The Morgan fingerprint density at radius 2 is 1.08 bits per heavy atom. The molecule has 0 aromatic heterocycles. The summed E-state index contributed by atoms with van der Waals surface area (Å²) in [6.45, 7) is 22.9. The highest BCUT2D eigenvalue weighted by Crippen LogP contribution is 2.43. The molecular weight excluding hydrogens is 601 g/mol. The Bertz CT molecular complexity index is 1810. The quantitative estimate of drug-likeness (QED) is 0.143. The van der Waals surface area contributed by atoms with Crippen LogP contribution in [0, 0.1) is 6.92 Å². The molecule has 6 rings (SSSR count). The minimum Gasteiger partial charge on any atom is -0.505 e. The highest BCUT2D eigenvalue weighted by molar-refractivity contribution is 6.03. The molecule has 260 valence electrons. The number of hydrogen-bond donors (Lipinski definition) is 2. The second kappa shape index (κ2) is 24.2. The molecule has 0 saturated carbocycles. The van der Waals surface area contributed by atoms with Crippen molar-refractivity contribution in [1.29, 1.82) is 0 Å². The van der Waals surface area contributed by atoms with E-state index in [9.17, 15) is 5.11 Å². The number of phenols is 1. The summed E-state index contributed by atoms with van der Waals surface area (Å²) in [5, 5.41) is 29.6. The second-order valence-electron chi connectivity index (χ2n) is 10.1. The van der Waals surface area contributed by atoms with Crippen LogP contribution in [0.2, 0.25) is 0 Å². The Kier molecular flexibility index (Phi) is 20.7. The molecule has 6 aromatic carbocycles. The van der Waals surface area contributed by atoms with E-state index >= 15 is 0 Å². The maximum absolute atomic E-state index is 11.0. The van der Waals surface area contributed by atoms with Gasteiger partial charge in [-0.25, -0.2) is 0 Å². The normalized spacial score (nSPS) is 10.0. The summed E-state index contributed by atoms with van der Waals surface area (Å²) in [5.41, 5.74) is 3.87. The Morgan fingerprint density at radius 1 is 0.612 bits per heavy atom. The van der Waals surface area contributed by atoms with Crippen LogP contribution in [0.5, 0.6) is 5.75 Å². The number of phenolic OH excluding ortho intramolecular Hbond substituents is 1. The van der Waals surface area contributed by atoms with Crippen LogP contribution < -0.4 is 5.32 Å². The number of benzene rings is 6. The maximum atomic E-state index is 11.0. The fraction of sp³-hybridized carbons (Fsp3) is 0.295. The number of aromatic hydroxyl groups is 1. The van der Waals surface area contributed by atoms with Crippen molar-refractivity contribution in [2.75, 3.05) is 11.9 Å². The van der Waals surface area contributed by atoms with Gasteiger partial charge in [-0.1, -0.05) is 147 Å². The van der Waals surface area contributed by atoms with E-state index in [4.69, 9.17) is 0 Å². The topological polar surface area (TPSA) is 69.3 Å². The first kappa shape index (κ1) is 42.0. The van der Waals surface area contributed by atoms with E-state index in [-0.39, 0.29) is 5.75 Å². The highest BCUT2D eigenvalue weighted by atomic mass is 16.3. The summed E-state index contributed by atoms with van der Waals surface area (Å²) >= 11 is 0. The first-order valence-electron chi connectivity index (χ1n) is 17.9. The third-order valence-electron chi connectivity index (χ3n) is 6.73. The molecule has 0 unspecified atom stereocenters. The van der Waals surface area contributed by atoms with Gasteiger partial charge in [-0.3, -0.25) is 4.99 Å². The van der Waals surface area contributed by atoms with Crippen LogP contribution in [0.25, 0.3) is 32.3 Å². The first-order chi connectivity index (χ1) is 24.0. The molecule has 0 atom stereocenters. The van der Waals surface area contributed by atoms with Gasteiger partial charge in [-0.15, -0.1) is 10.2 Å². The number of rotatable bonds is 5. The third kappa shape index (κ3) is 11.9. The van der Waals surface area contributed by atoms with Crippen molar-refractivity contribution in [3.63, 3.8) is 0 Å². The zero-order valence-corrected chi connectivity index (χ0v) is 31.7. The van der Waals surface area contributed by atoms with Crippen LogP contribution in [-0.4, -0.2) is 17.9 Å². The minimum atomic E-state index is 0.141. The summed E-state index contributed by atoms with van der Waals surface area (Å²) in [6, 6.07) is 36.5. The highest BCUT2D eigenvalue weighted by Gasteiger charge is 2.14. The average molecular weight is 659 g/mol. The van der Waals surface area contributed by atoms with Crippen molar-refractivity contribution < 1.29 is 5.11 Å². The van der Waals surface area contributed by atoms with Crippen LogP contribution in [0.4, 0.5) is 22.7 Å². The lowest BCUT2D eigenvalue weighted by molar-refractivity contribution is 0.482. The van der Waals surface area contributed by atoms with Gasteiger partial charge in [0, 0.05) is 34.6 Å². The predicted octanol–water partition coefficient (Wildman–Crippen LogP) is 14.9. The molecule has 0 saturated heterocycles. The van der Waals surface area contributed by atoms with Gasteiger partial charge in [-0.2, -0.15) is 0 Å². The van der Waals surface area contributed by atoms with Gasteiger partial charge in [0.25, 0.3) is 0 Å². The maximum Gasteiger partial charge on any atom is 0.153 e. The van der Waals surface area contributed by atoms with E-state index in [0.717, 1.165) is 50.7 Å². The van der Waals surface area contributed by atoms with Gasteiger partial charge in [0.2, 0.25) is 0 Å². The van der Waals surface area contributed by atoms with Gasteiger partial charge in [0.1, 0.15) is 5.69 Å². The molecule has 0 aliphatic carbocycles. The van der Waals surface area contributed by atoms with Crippen molar-refractivity contribution >= 4 is 61.3 Å². The molecule has 0 fully saturated rings. The number of azo groups is 1. The number of nitrogens with zero attached hydrogens (tertiary/aromatic N) is 3. The summed E-state index contributed by atoms with van der Waals surface area (Å²) < 4.78 is 0. The number of nitrogens with one attached hydrogen (secondary N) is 1. The predicted molar refractivity (Wildman–Crippen MR) is 220 cm³/mol. The average Bonchev–Trinajstić information content (AvgIpc) is 3.15. The lowest BCUT2D eigenvalue weighted by atomic mass is 10.0. The lowest BCUT2D eigenvalue weighted by Gasteiger charge is -2.12. The fourth-order valence-corrected chi connectivity index (χ4v) is 4.87. The molecule has 0 aliphatic heterocycles. The zero-order valence-electron chi connectivity index (χ0n) is 31.7. The van der Waals surface area contributed by atoms with Crippen molar-refractivity contribution in [1.82, 2.24) is 0 Å². The summed E-state index contributed by atoms with van der Waals surface area (Å²) in [4.78, 5) is 4.44. The summed E-state index contributed by atoms with van der Waals surface area (Å²) in [6.07, 6.45) is 3.03. The third-order valence-corrected chi connectivity index (χ3v) is 6.73. The van der Waals surface area contributed by atoms with E-state index < -0.39 is 0 Å². The molecule has 5 nitrogen and oxygen atoms in total. The van der Waals surface area contributed by atoms with Gasteiger partial charge >= 0.3 is 0 Å². The van der Waals surface area contributed by atoms with E-state index in [1.807, 2.05) is 123 Å². The van der Waals surface area contributed by atoms with E-state index in [0.29, 0.717) is 5.69 Å².